The van der Waals surface area contributed by atoms with Gasteiger partial charge in [-0.05, 0) is 57.7 Å². The molecule has 2 fully saturated rings. The second-order valence-corrected chi connectivity index (χ2v) is 7.98. The van der Waals surface area contributed by atoms with Crippen LogP contribution < -0.4 is 5.32 Å². The van der Waals surface area contributed by atoms with Crippen LogP contribution in [0.25, 0.3) is 0 Å². The van der Waals surface area contributed by atoms with E-state index in [1.54, 1.807) is 6.20 Å². The summed E-state index contributed by atoms with van der Waals surface area (Å²) in [7, 11) is 0. The summed E-state index contributed by atoms with van der Waals surface area (Å²) in [6, 6.07) is 4.06. The number of nitrogens with zero attached hydrogens (tertiary/aromatic N) is 2. The zero-order chi connectivity index (χ0) is 17.9. The maximum atomic E-state index is 6.30. The molecule has 1 aliphatic heterocycles. The highest BCUT2D eigenvalue weighted by Crippen LogP contribution is 2.49. The lowest BCUT2D eigenvalue weighted by molar-refractivity contribution is -0.104. The molecule has 2 aromatic rings. The van der Waals surface area contributed by atoms with Crippen LogP contribution in [0.5, 0.6) is 0 Å². The second kappa shape index (κ2) is 7.49. The van der Waals surface area contributed by atoms with Gasteiger partial charge >= 0.3 is 0 Å². The van der Waals surface area contributed by atoms with Gasteiger partial charge in [0.15, 0.2) is 0 Å². The van der Waals surface area contributed by atoms with Crippen molar-refractivity contribution >= 4 is 0 Å². The van der Waals surface area contributed by atoms with Crippen LogP contribution in [-0.2, 0) is 16.7 Å². The van der Waals surface area contributed by atoms with Crippen LogP contribution in [-0.4, -0.2) is 28.7 Å². The summed E-state index contributed by atoms with van der Waals surface area (Å²) in [5.41, 5.74) is 1.25. The van der Waals surface area contributed by atoms with Gasteiger partial charge in [-0.2, -0.15) is 0 Å². The minimum absolute atomic E-state index is 0.0585. The first-order valence-electron chi connectivity index (χ1n) is 9.86. The number of furan rings is 1. The number of rotatable bonds is 6. The van der Waals surface area contributed by atoms with Gasteiger partial charge in [0.05, 0.1) is 17.8 Å². The van der Waals surface area contributed by atoms with Crippen LogP contribution in [0, 0.1) is 6.92 Å². The summed E-state index contributed by atoms with van der Waals surface area (Å²) < 4.78 is 12.0. The van der Waals surface area contributed by atoms with Crippen molar-refractivity contribution in [3.63, 3.8) is 0 Å². The maximum Gasteiger partial charge on any atom is 0.117 e. The molecule has 0 amide bonds. The standard InChI is InChI=1S/C21H29N3O2/c1-17-4-5-18(26-17)14-22-10-8-20(19-15-23-11-12-24-19)9-13-25-21(16-20)6-2-3-7-21/h4-5,11-12,15,22H,2-3,6-10,13-14,16H2,1H3. The van der Waals surface area contributed by atoms with E-state index in [4.69, 9.17) is 14.1 Å². The Labute approximate surface area is 155 Å². The first-order chi connectivity index (χ1) is 12.7. The van der Waals surface area contributed by atoms with Crippen LogP contribution in [0.1, 0.15) is 62.2 Å². The van der Waals surface area contributed by atoms with Gasteiger partial charge < -0.3 is 14.5 Å². The Balaban J connectivity index is 1.46. The molecular formula is C21H29N3O2. The molecule has 1 saturated heterocycles. The Morgan fingerprint density at radius 1 is 1.15 bits per heavy atom. The zero-order valence-electron chi connectivity index (χ0n) is 15.7. The lowest BCUT2D eigenvalue weighted by atomic mass is 9.68. The first-order valence-corrected chi connectivity index (χ1v) is 9.86. The van der Waals surface area contributed by atoms with Gasteiger partial charge in [0.1, 0.15) is 11.5 Å². The minimum atomic E-state index is 0.0585. The van der Waals surface area contributed by atoms with E-state index in [1.165, 1.54) is 25.7 Å². The molecule has 0 radical (unpaired) electrons. The molecule has 1 unspecified atom stereocenters. The smallest absolute Gasteiger partial charge is 0.117 e. The molecule has 26 heavy (non-hydrogen) atoms. The highest BCUT2D eigenvalue weighted by Gasteiger charge is 2.48. The molecule has 3 heterocycles. The van der Waals surface area contributed by atoms with Crippen molar-refractivity contribution in [2.75, 3.05) is 13.2 Å². The summed E-state index contributed by atoms with van der Waals surface area (Å²) in [5, 5.41) is 3.55. The Hall–Kier alpha value is -1.72. The Bertz CT molecular complexity index is 709. The second-order valence-electron chi connectivity index (χ2n) is 7.98. The van der Waals surface area contributed by atoms with Gasteiger partial charge in [0.25, 0.3) is 0 Å². The van der Waals surface area contributed by atoms with Crippen LogP contribution in [0.4, 0.5) is 0 Å². The molecule has 5 nitrogen and oxygen atoms in total. The normalized spacial score (nSPS) is 25.0. The van der Waals surface area contributed by atoms with Gasteiger partial charge in [-0.1, -0.05) is 12.8 Å². The molecule has 1 spiro atoms. The molecule has 5 heteroatoms. The zero-order valence-corrected chi connectivity index (χ0v) is 15.7. The van der Waals surface area contributed by atoms with Gasteiger partial charge in [-0.3, -0.25) is 9.97 Å². The van der Waals surface area contributed by atoms with Crippen molar-refractivity contribution in [1.29, 1.82) is 0 Å². The highest BCUT2D eigenvalue weighted by molar-refractivity contribution is 5.18. The van der Waals surface area contributed by atoms with E-state index in [2.05, 4.69) is 10.3 Å². The summed E-state index contributed by atoms with van der Waals surface area (Å²) in [4.78, 5) is 9.06. The van der Waals surface area contributed by atoms with Crippen molar-refractivity contribution < 1.29 is 9.15 Å². The van der Waals surface area contributed by atoms with E-state index < -0.39 is 0 Å². The van der Waals surface area contributed by atoms with Gasteiger partial charge in [0, 0.05) is 30.6 Å². The van der Waals surface area contributed by atoms with Crippen LogP contribution in [0.2, 0.25) is 0 Å². The molecule has 0 aromatic carbocycles. The average molecular weight is 355 g/mol. The molecule has 140 valence electrons. The SMILES string of the molecule is Cc1ccc(CNCCC2(c3cnccn3)CCOC3(CCCC3)C2)o1. The molecule has 1 saturated carbocycles. The molecule has 0 bridgehead atoms. The third-order valence-corrected chi connectivity index (χ3v) is 6.15. The summed E-state index contributed by atoms with van der Waals surface area (Å²) in [6.07, 6.45) is 13.6. The fourth-order valence-electron chi connectivity index (χ4n) is 4.81. The molecule has 2 aliphatic rings. The van der Waals surface area contributed by atoms with E-state index in [-0.39, 0.29) is 11.0 Å². The number of aromatic nitrogens is 2. The van der Waals surface area contributed by atoms with Crippen molar-refractivity contribution in [3.8, 4) is 0 Å². The minimum Gasteiger partial charge on any atom is -0.465 e. The topological polar surface area (TPSA) is 60.2 Å². The third-order valence-electron chi connectivity index (χ3n) is 6.15. The first kappa shape index (κ1) is 17.7. The molecular weight excluding hydrogens is 326 g/mol. The number of aryl methyl sites for hydroxylation is 1. The van der Waals surface area contributed by atoms with Gasteiger partial charge in [-0.25, -0.2) is 0 Å². The predicted octanol–water partition coefficient (Wildman–Crippen LogP) is 3.92. The number of hydrogen-bond acceptors (Lipinski definition) is 5. The monoisotopic (exact) mass is 355 g/mol. The lowest BCUT2D eigenvalue weighted by Crippen LogP contribution is -2.47. The van der Waals surface area contributed by atoms with Crippen molar-refractivity contribution in [2.24, 2.45) is 0 Å². The largest absolute Gasteiger partial charge is 0.465 e. The van der Waals surface area contributed by atoms with Crippen molar-refractivity contribution in [3.05, 3.63) is 47.9 Å². The van der Waals surface area contributed by atoms with E-state index in [1.807, 2.05) is 31.5 Å². The summed E-state index contributed by atoms with van der Waals surface area (Å²) in [5.74, 6) is 1.96. The van der Waals surface area contributed by atoms with E-state index in [9.17, 15) is 0 Å². The fraction of sp³-hybridized carbons (Fsp3) is 0.619. The molecule has 1 aliphatic carbocycles. The van der Waals surface area contributed by atoms with E-state index >= 15 is 0 Å². The van der Waals surface area contributed by atoms with Crippen LogP contribution in [0.15, 0.2) is 35.1 Å². The Morgan fingerprint density at radius 3 is 2.77 bits per heavy atom. The Morgan fingerprint density at radius 2 is 2.04 bits per heavy atom. The van der Waals surface area contributed by atoms with Crippen molar-refractivity contribution in [1.82, 2.24) is 15.3 Å². The Kier molecular flexibility index (Phi) is 5.09. The van der Waals surface area contributed by atoms with E-state index in [0.29, 0.717) is 0 Å². The van der Waals surface area contributed by atoms with E-state index in [0.717, 1.165) is 56.2 Å². The molecule has 4 rings (SSSR count). The average Bonchev–Trinajstić information content (AvgIpc) is 3.29. The number of ether oxygens (including phenoxy) is 1. The predicted molar refractivity (Wildman–Crippen MR) is 99.9 cm³/mol. The van der Waals surface area contributed by atoms with Gasteiger partial charge in [0.2, 0.25) is 0 Å². The van der Waals surface area contributed by atoms with Crippen LogP contribution >= 0.6 is 0 Å². The highest BCUT2D eigenvalue weighted by atomic mass is 16.5. The quantitative estimate of drug-likeness (QED) is 0.796. The number of hydrogen-bond donors (Lipinski definition) is 1. The molecule has 1 atom stereocenters. The molecule has 1 N–H and O–H groups in total. The van der Waals surface area contributed by atoms with Crippen molar-refractivity contribution in [2.45, 2.75) is 69.4 Å². The summed E-state index contributed by atoms with van der Waals surface area (Å²) in [6.45, 7) is 4.52. The van der Waals surface area contributed by atoms with Gasteiger partial charge in [-0.15, -0.1) is 0 Å². The maximum absolute atomic E-state index is 6.30. The van der Waals surface area contributed by atoms with Crippen LogP contribution in [0.3, 0.4) is 0 Å². The number of nitrogens with one attached hydrogen (secondary N) is 1. The fourth-order valence-corrected chi connectivity index (χ4v) is 4.81. The lowest BCUT2D eigenvalue weighted by Gasteiger charge is -2.46. The summed E-state index contributed by atoms with van der Waals surface area (Å²) >= 11 is 0. The molecule has 2 aromatic heterocycles. The third kappa shape index (κ3) is 3.69.